The van der Waals surface area contributed by atoms with Crippen molar-refractivity contribution >= 4 is 0 Å². The predicted octanol–water partition coefficient (Wildman–Crippen LogP) is 2.96. The van der Waals surface area contributed by atoms with Crippen LogP contribution in [0.4, 0.5) is 0 Å². The molecule has 0 fully saturated rings. The van der Waals surface area contributed by atoms with Crippen LogP contribution in [0.1, 0.15) is 71.2 Å². The van der Waals surface area contributed by atoms with Crippen molar-refractivity contribution in [3.05, 3.63) is 11.7 Å². The molecule has 0 aromatic carbocycles. The lowest BCUT2D eigenvalue weighted by atomic mass is 9.82. The second kappa shape index (κ2) is 7.60. The highest BCUT2D eigenvalue weighted by molar-refractivity contribution is 5.06. The normalized spacial score (nSPS) is 13.7. The highest BCUT2D eigenvalue weighted by atomic mass is 16.5. The third-order valence-corrected chi connectivity index (χ3v) is 3.85. The van der Waals surface area contributed by atoms with Crippen molar-refractivity contribution in [2.75, 3.05) is 13.2 Å². The molecule has 1 heterocycles. The van der Waals surface area contributed by atoms with Crippen LogP contribution in [-0.2, 0) is 10.2 Å². The lowest BCUT2D eigenvalue weighted by Gasteiger charge is -2.25. The minimum absolute atomic E-state index is 0.0725. The molecule has 0 saturated heterocycles. The molecular formula is C14H27N3O2. The fourth-order valence-electron chi connectivity index (χ4n) is 2.26. The average molecular weight is 269 g/mol. The van der Waals surface area contributed by atoms with E-state index < -0.39 is 0 Å². The van der Waals surface area contributed by atoms with Crippen LogP contribution in [-0.4, -0.2) is 23.3 Å². The Morgan fingerprint density at radius 2 is 1.95 bits per heavy atom. The van der Waals surface area contributed by atoms with Gasteiger partial charge in [0.2, 0.25) is 11.7 Å². The van der Waals surface area contributed by atoms with Crippen molar-refractivity contribution in [2.45, 2.75) is 64.9 Å². The molecule has 1 rings (SSSR count). The molecule has 0 aliphatic carbocycles. The number of rotatable bonds is 9. The van der Waals surface area contributed by atoms with Crippen LogP contribution in [0.15, 0.2) is 4.52 Å². The standard InChI is InChI=1S/C14H27N3O2/c1-5-9-11(18-8-4)12-16-13(19-17-12)14(6-2,7-3)10-15/h11H,5-10,15H2,1-4H3. The van der Waals surface area contributed by atoms with Crippen LogP contribution >= 0.6 is 0 Å². The van der Waals surface area contributed by atoms with Crippen LogP contribution < -0.4 is 5.73 Å². The van der Waals surface area contributed by atoms with Crippen molar-refractivity contribution in [1.29, 1.82) is 0 Å². The van der Waals surface area contributed by atoms with Gasteiger partial charge >= 0.3 is 0 Å². The molecule has 1 aromatic heterocycles. The van der Waals surface area contributed by atoms with Gasteiger partial charge in [-0.15, -0.1) is 0 Å². The van der Waals surface area contributed by atoms with Crippen LogP contribution in [0.25, 0.3) is 0 Å². The third-order valence-electron chi connectivity index (χ3n) is 3.85. The molecule has 19 heavy (non-hydrogen) atoms. The first-order valence-corrected chi connectivity index (χ1v) is 7.33. The van der Waals surface area contributed by atoms with E-state index in [1.165, 1.54) is 0 Å². The van der Waals surface area contributed by atoms with E-state index in [-0.39, 0.29) is 11.5 Å². The van der Waals surface area contributed by atoms with Gasteiger partial charge in [-0.2, -0.15) is 4.98 Å². The number of hydrogen-bond acceptors (Lipinski definition) is 5. The highest BCUT2D eigenvalue weighted by Gasteiger charge is 2.34. The molecule has 1 atom stereocenters. The molecule has 0 aliphatic heterocycles. The van der Waals surface area contributed by atoms with Crippen molar-refractivity contribution in [3.63, 3.8) is 0 Å². The van der Waals surface area contributed by atoms with E-state index in [1.54, 1.807) is 0 Å². The molecule has 0 bridgehead atoms. The summed E-state index contributed by atoms with van der Waals surface area (Å²) in [5, 5.41) is 4.10. The molecule has 5 nitrogen and oxygen atoms in total. The van der Waals surface area contributed by atoms with Gasteiger partial charge in [0.25, 0.3) is 0 Å². The Kier molecular flexibility index (Phi) is 6.45. The summed E-state index contributed by atoms with van der Waals surface area (Å²) >= 11 is 0. The van der Waals surface area contributed by atoms with Gasteiger partial charge in [-0.05, 0) is 26.2 Å². The van der Waals surface area contributed by atoms with Gasteiger partial charge in [-0.3, -0.25) is 0 Å². The maximum atomic E-state index is 5.90. The van der Waals surface area contributed by atoms with Gasteiger partial charge in [-0.1, -0.05) is 32.3 Å². The van der Waals surface area contributed by atoms with Crippen molar-refractivity contribution in [3.8, 4) is 0 Å². The second-order valence-electron chi connectivity index (χ2n) is 4.88. The third kappa shape index (κ3) is 3.54. The molecular weight excluding hydrogens is 242 g/mol. The molecule has 0 amide bonds. The summed E-state index contributed by atoms with van der Waals surface area (Å²) < 4.78 is 11.1. The summed E-state index contributed by atoms with van der Waals surface area (Å²) in [4.78, 5) is 4.55. The summed E-state index contributed by atoms with van der Waals surface area (Å²) in [6.07, 6.45) is 3.65. The van der Waals surface area contributed by atoms with E-state index in [0.717, 1.165) is 25.7 Å². The first kappa shape index (κ1) is 16.1. The minimum Gasteiger partial charge on any atom is -0.370 e. The quantitative estimate of drug-likeness (QED) is 0.746. The van der Waals surface area contributed by atoms with Crippen LogP contribution in [0.2, 0.25) is 0 Å². The highest BCUT2D eigenvalue weighted by Crippen LogP contribution is 2.30. The van der Waals surface area contributed by atoms with E-state index in [1.807, 2.05) is 6.92 Å². The fraction of sp³-hybridized carbons (Fsp3) is 0.857. The number of nitrogens with two attached hydrogens (primary N) is 1. The van der Waals surface area contributed by atoms with Crippen LogP contribution in [0.5, 0.6) is 0 Å². The Balaban J connectivity index is 2.96. The maximum Gasteiger partial charge on any atom is 0.234 e. The Bertz CT molecular complexity index is 347. The second-order valence-corrected chi connectivity index (χ2v) is 4.88. The van der Waals surface area contributed by atoms with Crippen molar-refractivity contribution < 1.29 is 9.26 Å². The molecule has 0 saturated carbocycles. The van der Waals surface area contributed by atoms with Gasteiger partial charge in [0.1, 0.15) is 6.10 Å². The van der Waals surface area contributed by atoms with Crippen molar-refractivity contribution in [2.24, 2.45) is 5.73 Å². The molecule has 0 aliphatic rings. The smallest absolute Gasteiger partial charge is 0.234 e. The van der Waals surface area contributed by atoms with Crippen molar-refractivity contribution in [1.82, 2.24) is 10.1 Å². The molecule has 0 radical (unpaired) electrons. The van der Waals surface area contributed by atoms with E-state index in [4.69, 9.17) is 15.0 Å². The SMILES string of the molecule is CCCC(OCC)c1noc(C(CC)(CC)CN)n1. The number of aromatic nitrogens is 2. The fourth-order valence-corrected chi connectivity index (χ4v) is 2.26. The van der Waals surface area contributed by atoms with E-state index >= 15 is 0 Å². The summed E-state index contributed by atoms with van der Waals surface area (Å²) in [5.74, 6) is 1.30. The first-order chi connectivity index (χ1) is 9.17. The van der Waals surface area contributed by atoms with Crippen LogP contribution in [0, 0.1) is 0 Å². The Morgan fingerprint density at radius 1 is 1.26 bits per heavy atom. The molecule has 0 spiro atoms. The summed E-state index contributed by atoms with van der Waals surface area (Å²) in [7, 11) is 0. The number of ether oxygens (including phenoxy) is 1. The number of nitrogens with zero attached hydrogens (tertiary/aromatic N) is 2. The summed E-state index contributed by atoms with van der Waals surface area (Å²) in [6.45, 7) is 9.48. The summed E-state index contributed by atoms with van der Waals surface area (Å²) in [6, 6.07) is 0. The number of hydrogen-bond donors (Lipinski definition) is 1. The molecule has 1 unspecified atom stereocenters. The molecule has 5 heteroatoms. The lowest BCUT2D eigenvalue weighted by Crippen LogP contribution is -2.34. The van der Waals surface area contributed by atoms with Crippen LogP contribution in [0.3, 0.4) is 0 Å². The summed E-state index contributed by atoms with van der Waals surface area (Å²) in [5.41, 5.74) is 5.70. The zero-order chi connectivity index (χ0) is 14.3. The van der Waals surface area contributed by atoms with Gasteiger partial charge in [0, 0.05) is 13.2 Å². The first-order valence-electron chi connectivity index (χ1n) is 7.33. The average Bonchev–Trinajstić information content (AvgIpc) is 2.91. The van der Waals surface area contributed by atoms with Gasteiger partial charge in [0.05, 0.1) is 5.41 Å². The zero-order valence-electron chi connectivity index (χ0n) is 12.6. The zero-order valence-corrected chi connectivity index (χ0v) is 12.6. The maximum absolute atomic E-state index is 5.90. The lowest BCUT2D eigenvalue weighted by molar-refractivity contribution is 0.0477. The molecule has 110 valence electrons. The van der Waals surface area contributed by atoms with E-state index in [0.29, 0.717) is 24.9 Å². The predicted molar refractivity (Wildman–Crippen MR) is 74.9 cm³/mol. The largest absolute Gasteiger partial charge is 0.370 e. The Morgan fingerprint density at radius 3 is 2.42 bits per heavy atom. The van der Waals surface area contributed by atoms with Gasteiger partial charge in [-0.25, -0.2) is 0 Å². The Labute approximate surface area is 115 Å². The monoisotopic (exact) mass is 269 g/mol. The van der Waals surface area contributed by atoms with Gasteiger partial charge in [0.15, 0.2) is 0 Å². The Hall–Kier alpha value is -0.940. The topological polar surface area (TPSA) is 74.2 Å². The molecule has 2 N–H and O–H groups in total. The molecule has 1 aromatic rings. The van der Waals surface area contributed by atoms with E-state index in [2.05, 4.69) is 30.9 Å². The van der Waals surface area contributed by atoms with E-state index in [9.17, 15) is 0 Å². The minimum atomic E-state index is -0.200. The van der Waals surface area contributed by atoms with Gasteiger partial charge < -0.3 is 15.0 Å².